The van der Waals surface area contributed by atoms with Crippen molar-refractivity contribution in [2.24, 2.45) is 0 Å². The van der Waals surface area contributed by atoms with Crippen molar-refractivity contribution in [1.29, 1.82) is 5.41 Å². The molecule has 2 N–H and O–H groups in total. The van der Waals surface area contributed by atoms with Gasteiger partial charge < -0.3 is 5.32 Å². The van der Waals surface area contributed by atoms with E-state index in [9.17, 15) is 0 Å². The first-order valence-electron chi connectivity index (χ1n) is 6.41. The molecule has 0 saturated heterocycles. The van der Waals surface area contributed by atoms with Crippen molar-refractivity contribution in [3.63, 3.8) is 0 Å². The average Bonchev–Trinajstić information content (AvgIpc) is 2.24. The lowest BCUT2D eigenvalue weighted by molar-refractivity contribution is 0.643. The van der Waals surface area contributed by atoms with Crippen molar-refractivity contribution >= 4 is 5.84 Å². The van der Waals surface area contributed by atoms with Crippen molar-refractivity contribution in [3.8, 4) is 0 Å². The standard InChI is InChI=1S/C13H27N2/c1-3-5-7-9-11-13(14)15-12-10-8-6-4-2/h1,3-12H2,2H3,(H2,14,15). The van der Waals surface area contributed by atoms with Crippen molar-refractivity contribution in [3.05, 3.63) is 6.92 Å². The molecule has 0 aromatic carbocycles. The second kappa shape index (κ2) is 11.5. The SMILES string of the molecule is [CH2]CCCCCC(=N)NCCCCCC. The zero-order valence-corrected chi connectivity index (χ0v) is 10.3. The van der Waals surface area contributed by atoms with Gasteiger partial charge in [-0.25, -0.2) is 0 Å². The van der Waals surface area contributed by atoms with E-state index in [1.54, 1.807) is 0 Å². The first kappa shape index (κ1) is 14.5. The van der Waals surface area contributed by atoms with Crippen LogP contribution in [0.1, 0.15) is 64.7 Å². The van der Waals surface area contributed by atoms with E-state index in [4.69, 9.17) is 5.41 Å². The highest BCUT2D eigenvalue weighted by Gasteiger charge is 1.95. The molecular formula is C13H27N2. The molecule has 0 fully saturated rings. The van der Waals surface area contributed by atoms with Gasteiger partial charge in [0.1, 0.15) is 0 Å². The predicted octanol–water partition coefficient (Wildman–Crippen LogP) is 3.92. The van der Waals surface area contributed by atoms with Crippen LogP contribution in [0.25, 0.3) is 0 Å². The third-order valence-electron chi connectivity index (χ3n) is 2.55. The largest absolute Gasteiger partial charge is 0.374 e. The normalized spacial score (nSPS) is 10.3. The quantitative estimate of drug-likeness (QED) is 0.321. The molecule has 0 atom stereocenters. The van der Waals surface area contributed by atoms with Crippen molar-refractivity contribution < 1.29 is 0 Å². The third-order valence-corrected chi connectivity index (χ3v) is 2.55. The molecule has 0 aliphatic heterocycles. The Morgan fingerprint density at radius 3 is 2.47 bits per heavy atom. The number of amidine groups is 1. The van der Waals surface area contributed by atoms with Gasteiger partial charge in [-0.15, -0.1) is 0 Å². The summed E-state index contributed by atoms with van der Waals surface area (Å²) in [5.74, 6) is 0.718. The first-order chi connectivity index (χ1) is 7.31. The minimum absolute atomic E-state index is 0.718. The van der Waals surface area contributed by atoms with Crippen LogP contribution in [-0.4, -0.2) is 12.4 Å². The Kier molecular flexibility index (Phi) is 11.1. The molecule has 15 heavy (non-hydrogen) atoms. The lowest BCUT2D eigenvalue weighted by atomic mass is 10.1. The molecule has 0 amide bonds. The Balaban J connectivity index is 3.11. The summed E-state index contributed by atoms with van der Waals surface area (Å²) in [4.78, 5) is 0. The summed E-state index contributed by atoms with van der Waals surface area (Å²) in [6.07, 6.45) is 10.6. The fraction of sp³-hybridized carbons (Fsp3) is 0.846. The van der Waals surface area contributed by atoms with Crippen molar-refractivity contribution in [2.75, 3.05) is 6.54 Å². The summed E-state index contributed by atoms with van der Waals surface area (Å²) in [5, 5.41) is 10.9. The summed E-state index contributed by atoms with van der Waals surface area (Å²) in [6, 6.07) is 0. The maximum Gasteiger partial charge on any atom is 0.0931 e. The van der Waals surface area contributed by atoms with E-state index in [0.717, 1.165) is 31.6 Å². The van der Waals surface area contributed by atoms with E-state index in [1.807, 2.05) is 0 Å². The second-order valence-electron chi connectivity index (χ2n) is 4.13. The van der Waals surface area contributed by atoms with Gasteiger partial charge in [-0.05, 0) is 12.8 Å². The minimum Gasteiger partial charge on any atom is -0.374 e. The molecule has 0 bridgehead atoms. The van der Waals surface area contributed by atoms with Gasteiger partial charge in [0.25, 0.3) is 0 Å². The summed E-state index contributed by atoms with van der Waals surface area (Å²) < 4.78 is 0. The van der Waals surface area contributed by atoms with Crippen LogP contribution in [0.4, 0.5) is 0 Å². The van der Waals surface area contributed by atoms with Crippen LogP contribution in [0.5, 0.6) is 0 Å². The molecule has 0 saturated carbocycles. The molecule has 2 nitrogen and oxygen atoms in total. The topological polar surface area (TPSA) is 35.9 Å². The number of rotatable bonds is 10. The third kappa shape index (κ3) is 11.4. The summed E-state index contributed by atoms with van der Waals surface area (Å²) in [7, 11) is 0. The van der Waals surface area contributed by atoms with E-state index in [0.29, 0.717) is 0 Å². The Morgan fingerprint density at radius 1 is 1.07 bits per heavy atom. The van der Waals surface area contributed by atoms with E-state index in [-0.39, 0.29) is 0 Å². The predicted molar refractivity (Wildman–Crippen MR) is 68.3 cm³/mol. The van der Waals surface area contributed by atoms with Gasteiger partial charge in [-0.1, -0.05) is 52.4 Å². The zero-order valence-electron chi connectivity index (χ0n) is 10.3. The van der Waals surface area contributed by atoms with Gasteiger partial charge in [0.05, 0.1) is 5.84 Å². The Morgan fingerprint density at radius 2 is 1.80 bits per heavy atom. The van der Waals surface area contributed by atoms with Gasteiger partial charge in [0.2, 0.25) is 0 Å². The molecule has 0 aromatic heterocycles. The minimum atomic E-state index is 0.718. The highest BCUT2D eigenvalue weighted by molar-refractivity contribution is 5.78. The van der Waals surface area contributed by atoms with Gasteiger partial charge in [-0.2, -0.15) is 0 Å². The molecule has 2 heteroatoms. The van der Waals surface area contributed by atoms with E-state index < -0.39 is 0 Å². The number of unbranched alkanes of at least 4 members (excludes halogenated alkanes) is 6. The maximum absolute atomic E-state index is 7.68. The molecule has 1 radical (unpaired) electrons. The lowest BCUT2D eigenvalue weighted by Crippen LogP contribution is -2.23. The van der Waals surface area contributed by atoms with Crippen LogP contribution in [0.15, 0.2) is 0 Å². The first-order valence-corrected chi connectivity index (χ1v) is 6.41. The number of hydrogen-bond acceptors (Lipinski definition) is 1. The molecule has 0 rings (SSSR count). The summed E-state index contributed by atoms with van der Waals surface area (Å²) in [5.41, 5.74) is 0. The Bertz CT molecular complexity index is 143. The van der Waals surface area contributed by atoms with Gasteiger partial charge in [-0.3, -0.25) is 5.41 Å². The number of nitrogens with one attached hydrogen (secondary N) is 2. The van der Waals surface area contributed by atoms with Crippen LogP contribution < -0.4 is 5.32 Å². The van der Waals surface area contributed by atoms with Gasteiger partial charge in [0.15, 0.2) is 0 Å². The smallest absolute Gasteiger partial charge is 0.0931 e. The Hall–Kier alpha value is -0.530. The van der Waals surface area contributed by atoms with Crippen LogP contribution in [0.2, 0.25) is 0 Å². The molecule has 89 valence electrons. The summed E-state index contributed by atoms with van der Waals surface area (Å²) >= 11 is 0. The van der Waals surface area contributed by atoms with Crippen LogP contribution >= 0.6 is 0 Å². The molecule has 0 aliphatic carbocycles. The average molecular weight is 211 g/mol. The lowest BCUT2D eigenvalue weighted by Gasteiger charge is -2.07. The fourth-order valence-electron chi connectivity index (χ4n) is 1.53. The maximum atomic E-state index is 7.68. The fourth-order valence-corrected chi connectivity index (χ4v) is 1.53. The number of hydrogen-bond donors (Lipinski definition) is 2. The second-order valence-corrected chi connectivity index (χ2v) is 4.13. The van der Waals surface area contributed by atoms with Crippen LogP contribution in [0.3, 0.4) is 0 Å². The van der Waals surface area contributed by atoms with E-state index in [2.05, 4.69) is 19.2 Å². The molecule has 0 aromatic rings. The zero-order chi connectivity index (χ0) is 11.4. The van der Waals surface area contributed by atoms with Crippen molar-refractivity contribution in [1.82, 2.24) is 5.32 Å². The summed E-state index contributed by atoms with van der Waals surface area (Å²) in [6.45, 7) is 7.01. The van der Waals surface area contributed by atoms with E-state index in [1.165, 1.54) is 38.5 Å². The molecular weight excluding hydrogens is 184 g/mol. The molecule has 0 spiro atoms. The van der Waals surface area contributed by atoms with Crippen molar-refractivity contribution in [2.45, 2.75) is 64.7 Å². The molecule has 0 aliphatic rings. The monoisotopic (exact) mass is 211 g/mol. The van der Waals surface area contributed by atoms with Crippen LogP contribution in [0, 0.1) is 12.3 Å². The van der Waals surface area contributed by atoms with Gasteiger partial charge in [0, 0.05) is 13.0 Å². The molecule has 0 unspecified atom stereocenters. The van der Waals surface area contributed by atoms with Gasteiger partial charge >= 0.3 is 0 Å². The Labute approximate surface area is 95.4 Å². The highest BCUT2D eigenvalue weighted by atomic mass is 14.9. The van der Waals surface area contributed by atoms with E-state index >= 15 is 0 Å². The highest BCUT2D eigenvalue weighted by Crippen LogP contribution is 2.02. The van der Waals surface area contributed by atoms with Crippen LogP contribution in [-0.2, 0) is 0 Å². The molecule has 0 heterocycles.